The second kappa shape index (κ2) is 14.2. The van der Waals surface area contributed by atoms with Crippen LogP contribution in [0.5, 0.6) is 5.75 Å². The first-order valence-electron chi connectivity index (χ1n) is 11.4. The van der Waals surface area contributed by atoms with Gasteiger partial charge in [0.25, 0.3) is 0 Å². The quantitative estimate of drug-likeness (QED) is 0.412. The fourth-order valence-electron chi connectivity index (χ4n) is 3.64. The minimum absolute atomic E-state index is 0.825. The molecule has 1 aliphatic heterocycles. The van der Waals surface area contributed by atoms with E-state index in [2.05, 4.69) is 60.4 Å². The van der Waals surface area contributed by atoms with Crippen LogP contribution < -0.4 is 4.74 Å². The topological polar surface area (TPSA) is 87.1 Å². The van der Waals surface area contributed by atoms with Crippen LogP contribution in [0, 0.1) is 5.92 Å². The molecule has 1 aliphatic rings. The molecule has 3 rings (SSSR count). The summed E-state index contributed by atoms with van der Waals surface area (Å²) in [5, 5.41) is 14.8. The Morgan fingerprint density at radius 3 is 2.00 bits per heavy atom. The van der Waals surface area contributed by atoms with Crippen molar-refractivity contribution in [1.82, 2.24) is 4.90 Å². The van der Waals surface area contributed by atoms with Gasteiger partial charge in [0.2, 0.25) is 0 Å². The lowest BCUT2D eigenvalue weighted by Crippen LogP contribution is -2.33. The number of carboxylic acid groups (broad SMARTS) is 2. The van der Waals surface area contributed by atoms with Crippen LogP contribution in [0.25, 0.3) is 11.1 Å². The minimum atomic E-state index is -1.82. The summed E-state index contributed by atoms with van der Waals surface area (Å²) < 4.78 is 5.89. The van der Waals surface area contributed by atoms with E-state index in [1.807, 2.05) is 6.07 Å². The molecule has 0 spiro atoms. The number of hydrogen-bond acceptors (Lipinski definition) is 4. The Balaban J connectivity index is 0.000000534. The number of benzene rings is 2. The van der Waals surface area contributed by atoms with Gasteiger partial charge < -0.3 is 19.8 Å². The van der Waals surface area contributed by atoms with Gasteiger partial charge in [-0.05, 0) is 74.5 Å². The maximum atomic E-state index is 9.10. The van der Waals surface area contributed by atoms with E-state index in [0.29, 0.717) is 0 Å². The molecule has 2 aromatic rings. The molecule has 2 aromatic carbocycles. The van der Waals surface area contributed by atoms with Crippen molar-refractivity contribution in [2.24, 2.45) is 5.92 Å². The van der Waals surface area contributed by atoms with Crippen LogP contribution in [0.1, 0.15) is 45.4 Å². The van der Waals surface area contributed by atoms with Crippen molar-refractivity contribution < 1.29 is 24.5 Å². The highest BCUT2D eigenvalue weighted by Crippen LogP contribution is 2.22. The van der Waals surface area contributed by atoms with Gasteiger partial charge in [0.1, 0.15) is 5.75 Å². The molecular weight excluding hydrogens is 406 g/mol. The summed E-state index contributed by atoms with van der Waals surface area (Å²) in [4.78, 5) is 20.8. The first-order valence-corrected chi connectivity index (χ1v) is 11.4. The van der Waals surface area contributed by atoms with E-state index in [1.165, 1.54) is 62.9 Å². The number of rotatable bonds is 9. The van der Waals surface area contributed by atoms with Crippen molar-refractivity contribution in [2.75, 3.05) is 26.2 Å². The highest BCUT2D eigenvalue weighted by molar-refractivity contribution is 6.27. The van der Waals surface area contributed by atoms with E-state index in [1.54, 1.807) is 0 Å². The van der Waals surface area contributed by atoms with E-state index in [9.17, 15) is 0 Å². The standard InChI is InChI=1S/C24H33NO.C2H2O4/c1-21-15-18-25(19-16-21)17-7-2-3-8-20-26-24-13-11-23(12-14-24)22-9-5-4-6-10-22;3-1(4)2(5)6/h4-6,9-14,21H,2-3,7-8,15-20H2,1H3;(H,3,4)(H,5,6). The van der Waals surface area contributed by atoms with Gasteiger partial charge in [-0.25, -0.2) is 9.59 Å². The number of carbonyl (C=O) groups is 2. The van der Waals surface area contributed by atoms with Crippen molar-refractivity contribution in [3.63, 3.8) is 0 Å². The summed E-state index contributed by atoms with van der Waals surface area (Å²) >= 11 is 0. The molecule has 0 saturated carbocycles. The van der Waals surface area contributed by atoms with Gasteiger partial charge in [0.05, 0.1) is 6.61 Å². The highest BCUT2D eigenvalue weighted by Gasteiger charge is 2.14. The van der Waals surface area contributed by atoms with Crippen molar-refractivity contribution in [2.45, 2.75) is 45.4 Å². The third-order valence-corrected chi connectivity index (χ3v) is 5.66. The number of carboxylic acids is 2. The molecular formula is C26H35NO5. The van der Waals surface area contributed by atoms with E-state index in [-0.39, 0.29) is 0 Å². The van der Waals surface area contributed by atoms with Crippen LogP contribution in [0.2, 0.25) is 0 Å². The van der Waals surface area contributed by atoms with Crippen LogP contribution in [0.4, 0.5) is 0 Å². The van der Waals surface area contributed by atoms with Gasteiger partial charge in [-0.2, -0.15) is 0 Å². The molecule has 6 heteroatoms. The first-order chi connectivity index (χ1) is 15.5. The highest BCUT2D eigenvalue weighted by atomic mass is 16.5. The predicted octanol–water partition coefficient (Wildman–Crippen LogP) is 5.18. The van der Waals surface area contributed by atoms with Crippen LogP contribution in [-0.2, 0) is 9.59 Å². The number of unbranched alkanes of at least 4 members (excludes halogenated alkanes) is 3. The maximum absolute atomic E-state index is 9.10. The average molecular weight is 442 g/mol. The van der Waals surface area contributed by atoms with Crippen LogP contribution in [-0.4, -0.2) is 53.3 Å². The van der Waals surface area contributed by atoms with Crippen LogP contribution in [0.15, 0.2) is 54.6 Å². The number of hydrogen-bond donors (Lipinski definition) is 2. The van der Waals surface area contributed by atoms with Crippen molar-refractivity contribution in [3.8, 4) is 16.9 Å². The molecule has 0 amide bonds. The summed E-state index contributed by atoms with van der Waals surface area (Å²) in [6.07, 6.45) is 7.85. The molecule has 32 heavy (non-hydrogen) atoms. The molecule has 0 bridgehead atoms. The van der Waals surface area contributed by atoms with E-state index in [0.717, 1.165) is 24.7 Å². The molecule has 0 atom stereocenters. The summed E-state index contributed by atoms with van der Waals surface area (Å²) in [6, 6.07) is 18.9. The van der Waals surface area contributed by atoms with Gasteiger partial charge in [0.15, 0.2) is 0 Å². The van der Waals surface area contributed by atoms with Gasteiger partial charge in [-0.1, -0.05) is 62.2 Å². The molecule has 0 aliphatic carbocycles. The molecule has 1 fully saturated rings. The third-order valence-electron chi connectivity index (χ3n) is 5.66. The van der Waals surface area contributed by atoms with E-state index in [4.69, 9.17) is 24.5 Å². The Bertz CT molecular complexity index is 787. The Morgan fingerprint density at radius 1 is 0.844 bits per heavy atom. The molecule has 0 aromatic heterocycles. The fraction of sp³-hybridized carbons (Fsp3) is 0.462. The Morgan fingerprint density at radius 2 is 1.41 bits per heavy atom. The number of nitrogens with zero attached hydrogens (tertiary/aromatic N) is 1. The second-order valence-corrected chi connectivity index (χ2v) is 8.29. The smallest absolute Gasteiger partial charge is 0.414 e. The normalized spacial score (nSPS) is 14.3. The van der Waals surface area contributed by atoms with Crippen molar-refractivity contribution in [3.05, 3.63) is 54.6 Å². The molecule has 174 valence electrons. The van der Waals surface area contributed by atoms with Gasteiger partial charge >= 0.3 is 11.9 Å². The lowest BCUT2D eigenvalue weighted by molar-refractivity contribution is -0.159. The predicted molar refractivity (Wildman–Crippen MR) is 126 cm³/mol. The van der Waals surface area contributed by atoms with E-state index < -0.39 is 11.9 Å². The third kappa shape index (κ3) is 9.96. The van der Waals surface area contributed by atoms with Gasteiger partial charge in [0, 0.05) is 0 Å². The van der Waals surface area contributed by atoms with Crippen LogP contribution >= 0.6 is 0 Å². The monoisotopic (exact) mass is 441 g/mol. The van der Waals surface area contributed by atoms with Crippen molar-refractivity contribution >= 4 is 11.9 Å². The summed E-state index contributed by atoms with van der Waals surface area (Å²) in [5.74, 6) is -1.73. The SMILES string of the molecule is CC1CCN(CCCCCCOc2ccc(-c3ccccc3)cc2)CC1.O=C(O)C(=O)O. The van der Waals surface area contributed by atoms with E-state index >= 15 is 0 Å². The number of piperidine rings is 1. The lowest BCUT2D eigenvalue weighted by Gasteiger charge is -2.30. The molecule has 1 heterocycles. The number of aliphatic carboxylic acids is 2. The zero-order chi connectivity index (χ0) is 23.2. The average Bonchev–Trinajstić information content (AvgIpc) is 2.81. The maximum Gasteiger partial charge on any atom is 0.414 e. The zero-order valence-electron chi connectivity index (χ0n) is 18.9. The molecule has 1 saturated heterocycles. The Labute approximate surface area is 190 Å². The minimum Gasteiger partial charge on any atom is -0.494 e. The fourth-order valence-corrected chi connectivity index (χ4v) is 3.64. The number of likely N-dealkylation sites (tertiary alicyclic amines) is 1. The van der Waals surface area contributed by atoms with Gasteiger partial charge in [-0.3, -0.25) is 0 Å². The second-order valence-electron chi connectivity index (χ2n) is 8.29. The Kier molecular flexibility index (Phi) is 11.3. The molecule has 2 N–H and O–H groups in total. The molecule has 0 radical (unpaired) electrons. The molecule has 0 unspecified atom stereocenters. The Hall–Kier alpha value is -2.86. The first kappa shape index (κ1) is 25.4. The summed E-state index contributed by atoms with van der Waals surface area (Å²) in [5.41, 5.74) is 2.49. The van der Waals surface area contributed by atoms with Crippen molar-refractivity contribution in [1.29, 1.82) is 0 Å². The summed E-state index contributed by atoms with van der Waals surface area (Å²) in [7, 11) is 0. The van der Waals surface area contributed by atoms with Crippen LogP contribution in [0.3, 0.4) is 0 Å². The van der Waals surface area contributed by atoms with Gasteiger partial charge in [-0.15, -0.1) is 0 Å². The largest absolute Gasteiger partial charge is 0.494 e. The number of ether oxygens (including phenoxy) is 1. The molecule has 6 nitrogen and oxygen atoms in total. The zero-order valence-corrected chi connectivity index (χ0v) is 18.9. The summed E-state index contributed by atoms with van der Waals surface area (Å²) in [6.45, 7) is 7.11. The lowest BCUT2D eigenvalue weighted by atomic mass is 9.99.